The highest BCUT2D eigenvalue weighted by molar-refractivity contribution is 6.12. The van der Waals surface area contributed by atoms with Crippen LogP contribution in [0.1, 0.15) is 28.5 Å². The summed E-state index contributed by atoms with van der Waals surface area (Å²) in [6.45, 7) is 4.05. The smallest absolute Gasteiger partial charge is 0.277 e. The number of carbonyl (C=O) groups excluding carboxylic acids is 2. The molecule has 9 heteroatoms. The second-order valence-corrected chi connectivity index (χ2v) is 9.89. The van der Waals surface area contributed by atoms with Crippen molar-refractivity contribution in [2.24, 2.45) is 0 Å². The van der Waals surface area contributed by atoms with Gasteiger partial charge in [0.1, 0.15) is 28.5 Å². The first-order chi connectivity index (χ1) is 19.3. The van der Waals surface area contributed by atoms with Gasteiger partial charge in [-0.25, -0.2) is 0 Å². The standard InChI is InChI=1S/C31H32N4O5/c1-20-10-15-28(40-5)25(16-20)35-29(36)26-17-24(21-11-13-23(38-3)14-12-21)33-34(26)19-31(35,2)30(37)32-18-22-8-6-7-9-27(22)39-4/h6-17H,18-19H2,1-5H3,(H,32,37). The summed E-state index contributed by atoms with van der Waals surface area (Å²) in [5.41, 5.74) is 2.78. The van der Waals surface area contributed by atoms with E-state index in [2.05, 4.69) is 5.32 Å². The van der Waals surface area contributed by atoms with Gasteiger partial charge in [0.2, 0.25) is 5.91 Å². The van der Waals surface area contributed by atoms with Crippen molar-refractivity contribution in [2.75, 3.05) is 26.2 Å². The molecule has 206 valence electrons. The molecular formula is C31H32N4O5. The van der Waals surface area contributed by atoms with Crippen LogP contribution in [0.2, 0.25) is 0 Å². The number of anilines is 1. The Hall–Kier alpha value is -4.79. The Labute approximate surface area is 233 Å². The lowest BCUT2D eigenvalue weighted by molar-refractivity contribution is -0.126. The Morgan fingerprint density at radius 1 is 0.950 bits per heavy atom. The fourth-order valence-corrected chi connectivity index (χ4v) is 5.05. The van der Waals surface area contributed by atoms with Crippen LogP contribution in [0.25, 0.3) is 11.3 Å². The van der Waals surface area contributed by atoms with Gasteiger partial charge < -0.3 is 19.5 Å². The van der Waals surface area contributed by atoms with Gasteiger partial charge in [-0.15, -0.1) is 0 Å². The SMILES string of the molecule is COc1ccc(-c2cc3n(n2)CC(C)(C(=O)NCc2ccccc2OC)N(c2cc(C)ccc2OC)C3=O)cc1. The van der Waals surface area contributed by atoms with E-state index in [1.165, 1.54) is 4.90 Å². The van der Waals surface area contributed by atoms with Crippen LogP contribution in [-0.2, 0) is 17.9 Å². The lowest BCUT2D eigenvalue weighted by Crippen LogP contribution is -2.64. The Morgan fingerprint density at radius 2 is 1.68 bits per heavy atom. The largest absolute Gasteiger partial charge is 0.497 e. The molecule has 1 aliphatic rings. The van der Waals surface area contributed by atoms with Crippen LogP contribution in [0.4, 0.5) is 5.69 Å². The molecule has 0 radical (unpaired) electrons. The van der Waals surface area contributed by atoms with Crippen LogP contribution in [0.15, 0.2) is 72.8 Å². The van der Waals surface area contributed by atoms with Crippen molar-refractivity contribution in [3.05, 3.63) is 89.6 Å². The molecule has 2 heterocycles. The van der Waals surface area contributed by atoms with E-state index >= 15 is 0 Å². The number of carbonyl (C=O) groups is 2. The number of aryl methyl sites for hydroxylation is 1. The number of fused-ring (bicyclic) bond motifs is 1. The Kier molecular flexibility index (Phi) is 7.21. The number of methoxy groups -OCH3 is 3. The van der Waals surface area contributed by atoms with Gasteiger partial charge in [-0.3, -0.25) is 19.2 Å². The molecule has 1 aliphatic heterocycles. The molecule has 0 bridgehead atoms. The second-order valence-electron chi connectivity index (χ2n) is 9.89. The van der Waals surface area contributed by atoms with Crippen molar-refractivity contribution in [2.45, 2.75) is 32.5 Å². The molecule has 0 saturated heterocycles. The number of amides is 2. The zero-order chi connectivity index (χ0) is 28.4. The number of hydrogen-bond acceptors (Lipinski definition) is 6. The van der Waals surface area contributed by atoms with Crippen molar-refractivity contribution >= 4 is 17.5 Å². The number of benzene rings is 3. The zero-order valence-corrected chi connectivity index (χ0v) is 23.2. The van der Waals surface area contributed by atoms with Crippen molar-refractivity contribution in [1.29, 1.82) is 0 Å². The highest BCUT2D eigenvalue weighted by atomic mass is 16.5. The van der Waals surface area contributed by atoms with Crippen molar-refractivity contribution in [3.63, 3.8) is 0 Å². The second kappa shape index (κ2) is 10.8. The van der Waals surface area contributed by atoms with Crippen LogP contribution in [0, 0.1) is 6.92 Å². The maximum absolute atomic E-state index is 14.2. The number of para-hydroxylation sites is 1. The molecule has 1 unspecified atom stereocenters. The molecule has 5 rings (SSSR count). The predicted molar refractivity (Wildman–Crippen MR) is 152 cm³/mol. The van der Waals surface area contributed by atoms with E-state index in [1.54, 1.807) is 45.1 Å². The van der Waals surface area contributed by atoms with Crippen molar-refractivity contribution < 1.29 is 23.8 Å². The van der Waals surface area contributed by atoms with Gasteiger partial charge in [0.15, 0.2) is 0 Å². The maximum Gasteiger partial charge on any atom is 0.277 e. The van der Waals surface area contributed by atoms with E-state index in [1.807, 2.05) is 67.6 Å². The minimum atomic E-state index is -1.32. The number of ether oxygens (including phenoxy) is 3. The molecule has 4 aromatic rings. The zero-order valence-electron chi connectivity index (χ0n) is 23.2. The van der Waals surface area contributed by atoms with E-state index in [-0.39, 0.29) is 24.9 Å². The van der Waals surface area contributed by atoms with Crippen LogP contribution >= 0.6 is 0 Å². The summed E-state index contributed by atoms with van der Waals surface area (Å²) >= 11 is 0. The average Bonchev–Trinajstić information content (AvgIpc) is 3.40. The molecule has 1 aromatic heterocycles. The predicted octanol–water partition coefficient (Wildman–Crippen LogP) is 4.62. The summed E-state index contributed by atoms with van der Waals surface area (Å²) < 4.78 is 18.0. The summed E-state index contributed by atoms with van der Waals surface area (Å²) in [5, 5.41) is 7.77. The quantitative estimate of drug-likeness (QED) is 0.351. The van der Waals surface area contributed by atoms with Gasteiger partial charge in [-0.1, -0.05) is 24.3 Å². The number of hydrogen-bond donors (Lipinski definition) is 1. The lowest BCUT2D eigenvalue weighted by Gasteiger charge is -2.43. The molecule has 40 heavy (non-hydrogen) atoms. The van der Waals surface area contributed by atoms with Gasteiger partial charge in [-0.2, -0.15) is 5.10 Å². The average molecular weight is 541 g/mol. The number of nitrogens with zero attached hydrogens (tertiary/aromatic N) is 3. The summed E-state index contributed by atoms with van der Waals surface area (Å²) in [4.78, 5) is 29.8. The van der Waals surface area contributed by atoms with Gasteiger partial charge in [0.25, 0.3) is 5.91 Å². The molecular weight excluding hydrogens is 508 g/mol. The molecule has 9 nitrogen and oxygen atoms in total. The Bertz CT molecular complexity index is 1560. The van der Waals surface area contributed by atoms with Crippen LogP contribution in [0.3, 0.4) is 0 Å². The molecule has 0 spiro atoms. The van der Waals surface area contributed by atoms with Gasteiger partial charge in [0.05, 0.1) is 39.3 Å². The van der Waals surface area contributed by atoms with E-state index in [9.17, 15) is 9.59 Å². The highest BCUT2D eigenvalue weighted by Crippen LogP contribution is 2.39. The first kappa shape index (κ1) is 26.8. The minimum Gasteiger partial charge on any atom is -0.497 e. The first-order valence-corrected chi connectivity index (χ1v) is 12.9. The number of rotatable bonds is 8. The molecule has 3 aromatic carbocycles. The summed E-state index contributed by atoms with van der Waals surface area (Å²) in [5.74, 6) is 1.20. The number of nitrogens with one attached hydrogen (secondary N) is 1. The number of aromatic nitrogens is 2. The van der Waals surface area contributed by atoms with Gasteiger partial charge in [0, 0.05) is 17.7 Å². The van der Waals surface area contributed by atoms with E-state index < -0.39 is 5.54 Å². The molecule has 1 N–H and O–H groups in total. The topological polar surface area (TPSA) is 94.9 Å². The fraction of sp³-hybridized carbons (Fsp3) is 0.258. The molecule has 2 amide bonds. The molecule has 1 atom stereocenters. The molecule has 0 saturated carbocycles. The van der Waals surface area contributed by atoms with Gasteiger partial charge in [-0.05, 0) is 67.9 Å². The van der Waals surface area contributed by atoms with E-state index in [0.717, 1.165) is 22.4 Å². The monoisotopic (exact) mass is 540 g/mol. The van der Waals surface area contributed by atoms with Crippen LogP contribution < -0.4 is 24.4 Å². The van der Waals surface area contributed by atoms with E-state index in [0.29, 0.717) is 28.6 Å². The lowest BCUT2D eigenvalue weighted by atomic mass is 9.93. The maximum atomic E-state index is 14.2. The van der Waals surface area contributed by atoms with E-state index in [4.69, 9.17) is 19.3 Å². The third-order valence-corrected chi connectivity index (χ3v) is 7.24. The molecule has 0 fully saturated rings. The molecule has 0 aliphatic carbocycles. The van der Waals surface area contributed by atoms with Crippen molar-refractivity contribution in [1.82, 2.24) is 15.1 Å². The van der Waals surface area contributed by atoms with Gasteiger partial charge >= 0.3 is 0 Å². The van der Waals surface area contributed by atoms with Crippen molar-refractivity contribution in [3.8, 4) is 28.5 Å². The van der Waals surface area contributed by atoms with Crippen LogP contribution in [0.5, 0.6) is 17.2 Å². The third-order valence-electron chi connectivity index (χ3n) is 7.24. The third kappa shape index (κ3) is 4.75. The summed E-state index contributed by atoms with van der Waals surface area (Å²) in [7, 11) is 4.75. The first-order valence-electron chi connectivity index (χ1n) is 12.9. The van der Waals surface area contributed by atoms with Crippen LogP contribution in [-0.4, -0.2) is 48.5 Å². The normalized spacial score (nSPS) is 16.3. The Balaban J connectivity index is 1.57. The minimum absolute atomic E-state index is 0.138. The highest BCUT2D eigenvalue weighted by Gasteiger charge is 2.49. The summed E-state index contributed by atoms with van der Waals surface area (Å²) in [6, 6.07) is 22.3. The fourth-order valence-electron chi connectivity index (χ4n) is 5.05. The Morgan fingerprint density at radius 3 is 2.38 bits per heavy atom. The summed E-state index contributed by atoms with van der Waals surface area (Å²) in [6.07, 6.45) is 0.